The van der Waals surface area contributed by atoms with E-state index in [1.54, 1.807) is 28.6 Å². The van der Waals surface area contributed by atoms with Gasteiger partial charge < -0.3 is 19.1 Å². The highest BCUT2D eigenvalue weighted by atomic mass is 35.5. The lowest BCUT2D eigenvalue weighted by molar-refractivity contribution is 0.0230. The molecule has 0 bridgehead atoms. The minimum Gasteiger partial charge on any atom is -0.464 e. The highest BCUT2D eigenvalue weighted by Gasteiger charge is 2.34. The number of methoxy groups -OCH3 is 1. The fraction of sp³-hybridized carbons (Fsp3) is 0.545. The zero-order valence-corrected chi connectivity index (χ0v) is 20.8. The number of amides is 1. The van der Waals surface area contributed by atoms with Gasteiger partial charge in [-0.05, 0) is 45.4 Å². The third kappa shape index (κ3) is 6.16. The molecule has 1 aliphatic rings. The Morgan fingerprint density at radius 3 is 2.61 bits per heavy atom. The van der Waals surface area contributed by atoms with Gasteiger partial charge in [-0.2, -0.15) is 0 Å². The Morgan fingerprint density at radius 1 is 1.24 bits per heavy atom. The Morgan fingerprint density at radius 2 is 1.97 bits per heavy atom. The van der Waals surface area contributed by atoms with Crippen LogP contribution in [0.15, 0.2) is 18.2 Å². The smallest absolute Gasteiger partial charge is 0.410 e. The van der Waals surface area contributed by atoms with Crippen LogP contribution in [0.2, 0.25) is 10.0 Å². The molecule has 3 rings (SSSR count). The lowest BCUT2D eigenvalue weighted by atomic mass is 9.95. The van der Waals surface area contributed by atoms with Gasteiger partial charge in [-0.3, -0.25) is 0 Å². The molecule has 1 fully saturated rings. The summed E-state index contributed by atoms with van der Waals surface area (Å²) in [6.07, 6.45) is -0.825. The van der Waals surface area contributed by atoms with Crippen LogP contribution in [-0.4, -0.2) is 64.4 Å². The number of rotatable bonds is 4. The van der Waals surface area contributed by atoms with Crippen LogP contribution in [-0.2, 0) is 20.8 Å². The summed E-state index contributed by atoms with van der Waals surface area (Å²) in [5, 5.41) is 8.93. The van der Waals surface area contributed by atoms with E-state index in [-0.39, 0.29) is 11.6 Å². The van der Waals surface area contributed by atoms with Crippen LogP contribution in [0.25, 0.3) is 0 Å². The van der Waals surface area contributed by atoms with Crippen molar-refractivity contribution < 1.29 is 23.8 Å². The van der Waals surface area contributed by atoms with Gasteiger partial charge in [0.2, 0.25) is 0 Å². The topological polar surface area (TPSA) is 95.8 Å². The van der Waals surface area contributed by atoms with Gasteiger partial charge in [0.15, 0.2) is 5.69 Å². The first-order valence-electron chi connectivity index (χ1n) is 10.5. The van der Waals surface area contributed by atoms with E-state index in [9.17, 15) is 9.59 Å². The summed E-state index contributed by atoms with van der Waals surface area (Å²) >= 11 is 12.4. The molecule has 0 N–H and O–H groups in total. The minimum absolute atomic E-state index is 0.141. The van der Waals surface area contributed by atoms with E-state index < -0.39 is 23.8 Å². The maximum Gasteiger partial charge on any atom is 0.410 e. The second-order valence-electron chi connectivity index (χ2n) is 8.85. The van der Waals surface area contributed by atoms with Gasteiger partial charge in [-0.1, -0.05) is 34.5 Å². The molecule has 0 radical (unpaired) electrons. The molecule has 1 saturated heterocycles. The number of aromatic nitrogens is 3. The van der Waals surface area contributed by atoms with Gasteiger partial charge in [0.05, 0.1) is 42.1 Å². The lowest BCUT2D eigenvalue weighted by Gasteiger charge is -2.30. The minimum atomic E-state index is -0.624. The SMILES string of the molecule is COC(=O)c1nnn(C[C@@H]2CN(C(=O)OC(C)(C)C)CCO[C@H]2c2ccc(Cl)c(Cl)c2)c1C. The van der Waals surface area contributed by atoms with Crippen LogP contribution in [0.5, 0.6) is 0 Å². The van der Waals surface area contributed by atoms with E-state index >= 15 is 0 Å². The molecule has 0 spiro atoms. The van der Waals surface area contributed by atoms with Crippen molar-refractivity contribution in [1.82, 2.24) is 19.9 Å². The molecule has 11 heteroatoms. The van der Waals surface area contributed by atoms with Gasteiger partial charge in [0.1, 0.15) is 5.60 Å². The Kier molecular flexibility index (Phi) is 7.87. The largest absolute Gasteiger partial charge is 0.464 e. The molecule has 180 valence electrons. The molecular weight excluding hydrogens is 471 g/mol. The maximum absolute atomic E-state index is 12.8. The van der Waals surface area contributed by atoms with Crippen molar-refractivity contribution in [2.75, 3.05) is 26.8 Å². The number of benzene rings is 1. The third-order valence-corrected chi connectivity index (χ3v) is 5.97. The van der Waals surface area contributed by atoms with Crippen LogP contribution in [0, 0.1) is 12.8 Å². The number of carbonyl (C=O) groups excluding carboxylic acids is 2. The summed E-state index contributed by atoms with van der Waals surface area (Å²) < 4.78 is 18.2. The number of hydrogen-bond donors (Lipinski definition) is 0. The van der Waals surface area contributed by atoms with Crippen LogP contribution in [0.4, 0.5) is 4.79 Å². The Hall–Kier alpha value is -2.36. The average molecular weight is 499 g/mol. The summed E-state index contributed by atoms with van der Waals surface area (Å²) in [5.41, 5.74) is 0.900. The quantitative estimate of drug-likeness (QED) is 0.579. The zero-order valence-electron chi connectivity index (χ0n) is 19.3. The Labute approximate surface area is 202 Å². The summed E-state index contributed by atoms with van der Waals surface area (Å²) in [4.78, 5) is 26.4. The lowest BCUT2D eigenvalue weighted by Crippen LogP contribution is -2.41. The molecule has 33 heavy (non-hydrogen) atoms. The van der Waals surface area contributed by atoms with Crippen LogP contribution in [0.3, 0.4) is 0 Å². The van der Waals surface area contributed by atoms with Crippen molar-refractivity contribution in [3.63, 3.8) is 0 Å². The van der Waals surface area contributed by atoms with Crippen molar-refractivity contribution in [3.8, 4) is 0 Å². The molecular formula is C22H28Cl2N4O5. The molecule has 2 atom stereocenters. The summed E-state index contributed by atoms with van der Waals surface area (Å²) in [6, 6.07) is 5.33. The summed E-state index contributed by atoms with van der Waals surface area (Å²) in [5.74, 6) is -0.810. The second kappa shape index (κ2) is 10.3. The van der Waals surface area contributed by atoms with E-state index in [4.69, 9.17) is 37.4 Å². The van der Waals surface area contributed by atoms with E-state index in [1.807, 2.05) is 26.8 Å². The predicted octanol–water partition coefficient (Wildman–Crippen LogP) is 4.30. The number of halogens is 2. The molecule has 2 heterocycles. The van der Waals surface area contributed by atoms with Crippen molar-refractivity contribution in [3.05, 3.63) is 45.2 Å². The number of esters is 1. The van der Waals surface area contributed by atoms with E-state index in [1.165, 1.54) is 7.11 Å². The first kappa shape index (κ1) is 25.3. The number of ether oxygens (including phenoxy) is 3. The monoisotopic (exact) mass is 498 g/mol. The normalized spacial score (nSPS) is 19.2. The fourth-order valence-corrected chi connectivity index (χ4v) is 3.95. The van der Waals surface area contributed by atoms with Gasteiger partial charge in [-0.25, -0.2) is 14.3 Å². The average Bonchev–Trinajstić information content (AvgIpc) is 2.96. The zero-order chi connectivity index (χ0) is 24.3. The molecule has 0 saturated carbocycles. The highest BCUT2D eigenvalue weighted by Crippen LogP contribution is 2.34. The Bertz CT molecular complexity index is 1020. The molecule has 9 nitrogen and oxygen atoms in total. The second-order valence-corrected chi connectivity index (χ2v) is 9.66. The predicted molar refractivity (Wildman–Crippen MR) is 123 cm³/mol. The van der Waals surface area contributed by atoms with Crippen LogP contribution in [0.1, 0.15) is 48.6 Å². The van der Waals surface area contributed by atoms with Crippen molar-refractivity contribution in [1.29, 1.82) is 0 Å². The van der Waals surface area contributed by atoms with Gasteiger partial charge in [0, 0.05) is 19.0 Å². The highest BCUT2D eigenvalue weighted by molar-refractivity contribution is 6.42. The molecule has 1 aromatic carbocycles. The molecule has 1 aliphatic heterocycles. The third-order valence-electron chi connectivity index (χ3n) is 5.23. The number of hydrogen-bond acceptors (Lipinski definition) is 7. The summed E-state index contributed by atoms with van der Waals surface area (Å²) in [7, 11) is 1.29. The van der Waals surface area contributed by atoms with Gasteiger partial charge >= 0.3 is 12.1 Å². The van der Waals surface area contributed by atoms with Crippen molar-refractivity contribution >= 4 is 35.3 Å². The summed E-state index contributed by atoms with van der Waals surface area (Å²) in [6.45, 7) is 8.56. The molecule has 2 aromatic rings. The molecule has 0 unspecified atom stereocenters. The van der Waals surface area contributed by atoms with Crippen molar-refractivity contribution in [2.24, 2.45) is 5.92 Å². The number of carbonyl (C=O) groups is 2. The van der Waals surface area contributed by atoms with E-state index in [2.05, 4.69) is 10.3 Å². The maximum atomic E-state index is 12.8. The van der Waals surface area contributed by atoms with Crippen LogP contribution < -0.4 is 0 Å². The van der Waals surface area contributed by atoms with E-state index in [0.717, 1.165) is 5.56 Å². The fourth-order valence-electron chi connectivity index (χ4n) is 3.64. The van der Waals surface area contributed by atoms with Gasteiger partial charge in [-0.15, -0.1) is 5.10 Å². The standard InChI is InChI=1S/C22H28Cl2N4O5/c1-13-18(20(29)31-5)25-26-28(13)12-15-11-27(21(30)33-22(2,3)4)8-9-32-19(15)14-6-7-16(23)17(24)10-14/h6-7,10,15,19H,8-9,11-12H2,1-5H3/t15-,19-/m0/s1. The van der Waals surface area contributed by atoms with Gasteiger partial charge in [0.25, 0.3) is 0 Å². The number of nitrogens with zero attached hydrogens (tertiary/aromatic N) is 4. The molecule has 1 amide bonds. The van der Waals surface area contributed by atoms with Crippen molar-refractivity contribution in [2.45, 2.75) is 45.9 Å². The Balaban J connectivity index is 1.93. The molecule has 1 aromatic heterocycles. The molecule has 0 aliphatic carbocycles. The van der Waals surface area contributed by atoms with Crippen LogP contribution >= 0.6 is 23.2 Å². The first-order valence-corrected chi connectivity index (χ1v) is 11.3. The van der Waals surface area contributed by atoms with E-state index in [0.29, 0.717) is 42.0 Å². The first-order chi connectivity index (χ1) is 15.5.